The number of anilines is 1. The minimum Gasteiger partial charge on any atom is -0.298 e. The van der Waals surface area contributed by atoms with Gasteiger partial charge in [0.15, 0.2) is 5.13 Å². The van der Waals surface area contributed by atoms with E-state index < -0.39 is 0 Å². The van der Waals surface area contributed by atoms with Gasteiger partial charge in [0.05, 0.1) is 17.3 Å². The molecule has 0 saturated carbocycles. The Bertz CT molecular complexity index is 918. The molecule has 0 radical (unpaired) electrons. The lowest BCUT2D eigenvalue weighted by molar-refractivity contribution is 0.102. The van der Waals surface area contributed by atoms with Crippen LogP contribution in [-0.4, -0.2) is 15.9 Å². The summed E-state index contributed by atoms with van der Waals surface area (Å²) in [5.74, 6) is -0.216. The van der Waals surface area contributed by atoms with Gasteiger partial charge in [-0.25, -0.2) is 4.98 Å². The summed E-state index contributed by atoms with van der Waals surface area (Å²) in [5, 5.41) is 14.3. The molecule has 0 bridgehead atoms. The van der Waals surface area contributed by atoms with E-state index in [1.54, 1.807) is 24.5 Å². The maximum atomic E-state index is 12.2. The lowest BCUT2D eigenvalue weighted by Gasteiger charge is -2.07. The normalized spacial score (nSPS) is 10.2. The molecule has 1 N–H and O–H groups in total. The number of carbonyl (C=O) groups is 1. The highest BCUT2D eigenvalue weighted by molar-refractivity contribution is 7.14. The second-order valence-electron chi connectivity index (χ2n) is 5.32. The average Bonchev–Trinajstić information content (AvgIpc) is 3.02. The van der Waals surface area contributed by atoms with Crippen molar-refractivity contribution in [3.05, 3.63) is 64.3 Å². The number of benzene rings is 1. The largest absolute Gasteiger partial charge is 0.298 e. The summed E-state index contributed by atoms with van der Waals surface area (Å²) in [7, 11) is 0. The number of hydrogen-bond acceptors (Lipinski definition) is 5. The standard InChI is InChI=1S/C18H14N4OS/c1-11-7-13(9-19)8-12(2)16(11)15-10-24-18(21-15)22-17(23)14-3-5-20-6-4-14/h3-8,10H,1-2H3,(H,21,22,23). The first kappa shape index (κ1) is 15.8. The molecule has 1 amide bonds. The van der Waals surface area contributed by atoms with Crippen molar-refractivity contribution < 1.29 is 4.79 Å². The zero-order chi connectivity index (χ0) is 17.1. The highest BCUT2D eigenvalue weighted by atomic mass is 32.1. The highest BCUT2D eigenvalue weighted by Gasteiger charge is 2.13. The molecular formula is C18H14N4OS. The number of thiazole rings is 1. The Morgan fingerprint density at radius 1 is 1.21 bits per heavy atom. The third-order valence-electron chi connectivity index (χ3n) is 3.59. The monoisotopic (exact) mass is 334 g/mol. The second kappa shape index (κ2) is 6.60. The highest BCUT2D eigenvalue weighted by Crippen LogP contribution is 2.31. The molecule has 0 atom stereocenters. The van der Waals surface area contributed by atoms with E-state index in [0.717, 1.165) is 22.4 Å². The van der Waals surface area contributed by atoms with E-state index in [4.69, 9.17) is 5.26 Å². The van der Waals surface area contributed by atoms with E-state index >= 15 is 0 Å². The van der Waals surface area contributed by atoms with Gasteiger partial charge < -0.3 is 0 Å². The van der Waals surface area contributed by atoms with Gasteiger partial charge >= 0.3 is 0 Å². The Morgan fingerprint density at radius 3 is 2.50 bits per heavy atom. The van der Waals surface area contributed by atoms with Crippen LogP contribution in [-0.2, 0) is 0 Å². The molecule has 1 aromatic carbocycles. The topological polar surface area (TPSA) is 78.7 Å². The molecule has 0 aliphatic heterocycles. The zero-order valence-electron chi connectivity index (χ0n) is 13.2. The van der Waals surface area contributed by atoms with Gasteiger partial charge in [0.1, 0.15) is 0 Å². The number of aryl methyl sites for hydroxylation is 2. The number of nitriles is 1. The molecule has 3 aromatic rings. The minimum absolute atomic E-state index is 0.216. The molecule has 2 heterocycles. The summed E-state index contributed by atoms with van der Waals surface area (Å²) in [6.45, 7) is 3.91. The van der Waals surface area contributed by atoms with Crippen molar-refractivity contribution >= 4 is 22.4 Å². The van der Waals surface area contributed by atoms with Crippen molar-refractivity contribution in [1.82, 2.24) is 9.97 Å². The number of hydrogen-bond donors (Lipinski definition) is 1. The second-order valence-corrected chi connectivity index (χ2v) is 6.18. The maximum Gasteiger partial charge on any atom is 0.257 e. The van der Waals surface area contributed by atoms with Gasteiger partial charge in [-0.05, 0) is 49.2 Å². The van der Waals surface area contributed by atoms with Crippen LogP contribution in [0.2, 0.25) is 0 Å². The summed E-state index contributed by atoms with van der Waals surface area (Å²) in [6, 6.07) is 9.15. The van der Waals surface area contributed by atoms with Gasteiger partial charge in [-0.1, -0.05) is 0 Å². The van der Waals surface area contributed by atoms with E-state index in [1.807, 2.05) is 31.4 Å². The fourth-order valence-corrected chi connectivity index (χ4v) is 3.25. The van der Waals surface area contributed by atoms with Gasteiger partial charge in [0.2, 0.25) is 0 Å². The quantitative estimate of drug-likeness (QED) is 0.786. The molecular weight excluding hydrogens is 320 g/mol. The molecule has 0 fully saturated rings. The van der Waals surface area contributed by atoms with E-state index in [0.29, 0.717) is 16.3 Å². The number of pyridine rings is 1. The molecule has 0 saturated heterocycles. The Hall–Kier alpha value is -3.04. The van der Waals surface area contributed by atoms with Crippen molar-refractivity contribution in [2.24, 2.45) is 0 Å². The number of nitrogens with one attached hydrogen (secondary N) is 1. The van der Waals surface area contributed by atoms with Gasteiger partial charge in [0, 0.05) is 28.9 Å². The van der Waals surface area contributed by atoms with Gasteiger partial charge in [-0.3, -0.25) is 15.1 Å². The van der Waals surface area contributed by atoms with Crippen LogP contribution in [0.15, 0.2) is 42.0 Å². The Labute approximate surface area is 143 Å². The molecule has 5 nitrogen and oxygen atoms in total. The Morgan fingerprint density at radius 2 is 1.88 bits per heavy atom. The molecule has 0 aliphatic rings. The predicted molar refractivity (Wildman–Crippen MR) is 93.9 cm³/mol. The summed E-state index contributed by atoms with van der Waals surface area (Å²) in [4.78, 5) is 20.6. The summed E-state index contributed by atoms with van der Waals surface area (Å²) in [5.41, 5.74) is 4.94. The minimum atomic E-state index is -0.216. The number of amides is 1. The first-order chi connectivity index (χ1) is 11.6. The predicted octanol–water partition coefficient (Wildman–Crippen LogP) is 3.95. The van der Waals surface area contributed by atoms with Crippen LogP contribution in [0.25, 0.3) is 11.3 Å². The van der Waals surface area contributed by atoms with Crippen molar-refractivity contribution in [2.45, 2.75) is 13.8 Å². The van der Waals surface area contributed by atoms with Crippen LogP contribution in [0.5, 0.6) is 0 Å². The molecule has 118 valence electrons. The molecule has 24 heavy (non-hydrogen) atoms. The molecule has 0 unspecified atom stereocenters. The van der Waals surface area contributed by atoms with E-state index in [1.165, 1.54) is 11.3 Å². The van der Waals surface area contributed by atoms with Gasteiger partial charge in [-0.15, -0.1) is 11.3 Å². The molecule has 3 rings (SSSR count). The lowest BCUT2D eigenvalue weighted by atomic mass is 9.98. The summed E-state index contributed by atoms with van der Waals surface area (Å²) >= 11 is 1.37. The number of rotatable bonds is 3. The van der Waals surface area contributed by atoms with Crippen molar-refractivity contribution in [3.63, 3.8) is 0 Å². The molecule has 2 aromatic heterocycles. The van der Waals surface area contributed by atoms with Gasteiger partial charge in [0.25, 0.3) is 5.91 Å². The Balaban J connectivity index is 1.87. The summed E-state index contributed by atoms with van der Waals surface area (Å²) in [6.07, 6.45) is 3.15. The smallest absolute Gasteiger partial charge is 0.257 e. The molecule has 0 spiro atoms. The van der Waals surface area contributed by atoms with Crippen LogP contribution < -0.4 is 5.32 Å². The average molecular weight is 334 g/mol. The number of aromatic nitrogens is 2. The van der Waals surface area contributed by atoms with E-state index in [-0.39, 0.29) is 5.91 Å². The van der Waals surface area contributed by atoms with Crippen LogP contribution >= 0.6 is 11.3 Å². The van der Waals surface area contributed by atoms with Crippen molar-refractivity contribution in [2.75, 3.05) is 5.32 Å². The third kappa shape index (κ3) is 3.16. The van der Waals surface area contributed by atoms with Crippen molar-refractivity contribution in [3.8, 4) is 17.3 Å². The SMILES string of the molecule is Cc1cc(C#N)cc(C)c1-c1csc(NC(=O)c2ccncc2)n1. The van der Waals surface area contributed by atoms with E-state index in [2.05, 4.69) is 21.4 Å². The van der Waals surface area contributed by atoms with Crippen LogP contribution in [0.4, 0.5) is 5.13 Å². The maximum absolute atomic E-state index is 12.2. The third-order valence-corrected chi connectivity index (χ3v) is 4.34. The van der Waals surface area contributed by atoms with E-state index in [9.17, 15) is 4.79 Å². The first-order valence-corrected chi connectivity index (χ1v) is 8.15. The van der Waals surface area contributed by atoms with Crippen LogP contribution in [0.3, 0.4) is 0 Å². The zero-order valence-corrected chi connectivity index (χ0v) is 14.0. The number of carbonyl (C=O) groups excluding carboxylic acids is 1. The van der Waals surface area contributed by atoms with Gasteiger partial charge in [-0.2, -0.15) is 5.26 Å². The van der Waals surface area contributed by atoms with Crippen molar-refractivity contribution in [1.29, 1.82) is 5.26 Å². The molecule has 0 aliphatic carbocycles. The molecule has 6 heteroatoms. The Kier molecular flexibility index (Phi) is 4.36. The summed E-state index contributed by atoms with van der Waals surface area (Å²) < 4.78 is 0. The fourth-order valence-electron chi connectivity index (χ4n) is 2.55. The lowest BCUT2D eigenvalue weighted by Crippen LogP contribution is -2.11. The number of nitrogens with zero attached hydrogens (tertiary/aromatic N) is 3. The fraction of sp³-hybridized carbons (Fsp3) is 0.111. The first-order valence-electron chi connectivity index (χ1n) is 7.27. The van der Waals surface area contributed by atoms with Crippen LogP contribution in [0.1, 0.15) is 27.0 Å². The van der Waals surface area contributed by atoms with Crippen LogP contribution in [0, 0.1) is 25.2 Å².